The quantitative estimate of drug-likeness (QED) is 0.905. The van der Waals surface area contributed by atoms with Gasteiger partial charge < -0.3 is 10.6 Å². The molecule has 0 aliphatic rings. The number of halogens is 3. The molecule has 0 saturated heterocycles. The molecular weight excluding hydrogens is 309 g/mol. The molecular formula is C15H15F3N4O. The van der Waals surface area contributed by atoms with Gasteiger partial charge in [0.2, 0.25) is 0 Å². The zero-order valence-electron chi connectivity index (χ0n) is 12.5. The van der Waals surface area contributed by atoms with E-state index in [4.69, 9.17) is 0 Å². The van der Waals surface area contributed by atoms with Gasteiger partial charge in [0, 0.05) is 11.7 Å². The van der Waals surface area contributed by atoms with Gasteiger partial charge in [-0.3, -0.25) is 4.79 Å². The lowest BCUT2D eigenvalue weighted by molar-refractivity contribution is -0.137. The number of amides is 1. The average molecular weight is 324 g/mol. The van der Waals surface area contributed by atoms with Gasteiger partial charge in [0.05, 0.1) is 18.0 Å². The minimum Gasteiger partial charge on any atom is -0.348 e. The smallest absolute Gasteiger partial charge is 0.348 e. The summed E-state index contributed by atoms with van der Waals surface area (Å²) in [4.78, 5) is 19.7. The second-order valence-electron chi connectivity index (χ2n) is 5.12. The van der Waals surface area contributed by atoms with Crippen LogP contribution in [0.2, 0.25) is 0 Å². The summed E-state index contributed by atoms with van der Waals surface area (Å²) in [7, 11) is 0. The predicted molar refractivity (Wildman–Crippen MR) is 79.4 cm³/mol. The van der Waals surface area contributed by atoms with Crippen LogP contribution in [0.5, 0.6) is 0 Å². The van der Waals surface area contributed by atoms with Gasteiger partial charge in [-0.2, -0.15) is 13.2 Å². The summed E-state index contributed by atoms with van der Waals surface area (Å²) in [5.41, 5.74) is -0.127. The van der Waals surface area contributed by atoms with E-state index >= 15 is 0 Å². The Bertz CT molecular complexity index is 667. The van der Waals surface area contributed by atoms with Gasteiger partial charge in [-0.05, 0) is 38.1 Å². The van der Waals surface area contributed by atoms with E-state index in [0.717, 1.165) is 12.1 Å². The Morgan fingerprint density at radius 1 is 1.09 bits per heavy atom. The number of alkyl halides is 3. The molecule has 0 atom stereocenters. The first-order chi connectivity index (χ1) is 10.8. The van der Waals surface area contributed by atoms with Crippen LogP contribution in [-0.4, -0.2) is 21.9 Å². The largest absolute Gasteiger partial charge is 0.416 e. The zero-order valence-corrected chi connectivity index (χ0v) is 12.5. The summed E-state index contributed by atoms with van der Waals surface area (Å²) in [5, 5.41) is 5.50. The van der Waals surface area contributed by atoms with Crippen LogP contribution < -0.4 is 10.6 Å². The second kappa shape index (κ2) is 6.64. The lowest BCUT2D eigenvalue weighted by Gasteiger charge is -2.10. The van der Waals surface area contributed by atoms with Crippen molar-refractivity contribution in [3.05, 3.63) is 47.9 Å². The molecule has 0 radical (unpaired) electrons. The van der Waals surface area contributed by atoms with Crippen molar-refractivity contribution >= 4 is 17.4 Å². The minimum atomic E-state index is -4.37. The van der Waals surface area contributed by atoms with Crippen LogP contribution in [0.15, 0.2) is 36.7 Å². The first-order valence-electron chi connectivity index (χ1n) is 6.83. The van der Waals surface area contributed by atoms with Crippen molar-refractivity contribution < 1.29 is 18.0 Å². The van der Waals surface area contributed by atoms with Crippen LogP contribution in [0, 0.1) is 0 Å². The SMILES string of the molecule is CC(C)NC(=O)c1cnc(Nc2ccc(C(F)(F)F)cc2)cn1. The lowest BCUT2D eigenvalue weighted by Crippen LogP contribution is -2.30. The molecule has 0 bridgehead atoms. The van der Waals surface area contributed by atoms with Gasteiger partial charge in [0.1, 0.15) is 11.5 Å². The molecule has 0 aliphatic heterocycles. The standard InChI is InChI=1S/C15H15F3N4O/c1-9(2)21-14(23)12-7-20-13(8-19-12)22-11-5-3-10(4-6-11)15(16,17)18/h3-9H,1-2H3,(H,20,22)(H,21,23). The second-order valence-corrected chi connectivity index (χ2v) is 5.12. The molecule has 122 valence electrons. The molecule has 5 nitrogen and oxygen atoms in total. The van der Waals surface area contributed by atoms with E-state index in [1.54, 1.807) is 0 Å². The van der Waals surface area contributed by atoms with Crippen LogP contribution in [-0.2, 0) is 6.18 Å². The molecule has 1 aromatic carbocycles. The van der Waals surface area contributed by atoms with E-state index in [0.29, 0.717) is 11.5 Å². The maximum absolute atomic E-state index is 12.5. The van der Waals surface area contributed by atoms with Crippen molar-refractivity contribution in [2.75, 3.05) is 5.32 Å². The van der Waals surface area contributed by atoms with Gasteiger partial charge in [0.25, 0.3) is 5.91 Å². The summed E-state index contributed by atoms with van der Waals surface area (Å²) in [5.74, 6) is -0.0144. The molecule has 1 heterocycles. The van der Waals surface area contributed by atoms with Crippen LogP contribution >= 0.6 is 0 Å². The van der Waals surface area contributed by atoms with Gasteiger partial charge in [-0.15, -0.1) is 0 Å². The van der Waals surface area contributed by atoms with Crippen molar-refractivity contribution in [1.29, 1.82) is 0 Å². The number of anilines is 2. The van der Waals surface area contributed by atoms with Gasteiger partial charge in [-0.1, -0.05) is 0 Å². The Labute approximate surface area is 131 Å². The Morgan fingerprint density at radius 2 is 1.74 bits per heavy atom. The Hall–Kier alpha value is -2.64. The summed E-state index contributed by atoms with van der Waals surface area (Å²) >= 11 is 0. The first kappa shape index (κ1) is 16.7. The fourth-order valence-electron chi connectivity index (χ4n) is 1.74. The van der Waals surface area contributed by atoms with Crippen LogP contribution in [0.25, 0.3) is 0 Å². The molecule has 0 saturated carbocycles. The number of carbonyl (C=O) groups is 1. The molecule has 0 fully saturated rings. The van der Waals surface area contributed by atoms with Crippen LogP contribution in [0.3, 0.4) is 0 Å². The number of hydrogen-bond donors (Lipinski definition) is 2. The third kappa shape index (κ3) is 4.67. The number of aromatic nitrogens is 2. The van der Waals surface area contributed by atoms with Crippen molar-refractivity contribution in [2.45, 2.75) is 26.1 Å². The number of hydrogen-bond acceptors (Lipinski definition) is 4. The van der Waals surface area contributed by atoms with E-state index < -0.39 is 11.7 Å². The molecule has 0 unspecified atom stereocenters. The van der Waals surface area contributed by atoms with Crippen molar-refractivity contribution in [3.8, 4) is 0 Å². The van der Waals surface area contributed by atoms with Crippen LogP contribution in [0.4, 0.5) is 24.7 Å². The topological polar surface area (TPSA) is 66.9 Å². The number of rotatable bonds is 4. The fourth-order valence-corrected chi connectivity index (χ4v) is 1.74. The molecule has 1 amide bonds. The van der Waals surface area contributed by atoms with E-state index in [-0.39, 0.29) is 17.6 Å². The average Bonchev–Trinajstić information content (AvgIpc) is 2.47. The third-order valence-corrected chi connectivity index (χ3v) is 2.79. The highest BCUT2D eigenvalue weighted by Crippen LogP contribution is 2.30. The highest BCUT2D eigenvalue weighted by Gasteiger charge is 2.29. The third-order valence-electron chi connectivity index (χ3n) is 2.79. The van der Waals surface area contributed by atoms with E-state index in [1.807, 2.05) is 13.8 Å². The number of nitrogens with one attached hydrogen (secondary N) is 2. The highest BCUT2D eigenvalue weighted by atomic mass is 19.4. The van der Waals surface area contributed by atoms with Gasteiger partial charge in [-0.25, -0.2) is 9.97 Å². The maximum atomic E-state index is 12.5. The predicted octanol–water partition coefficient (Wildman–Crippen LogP) is 3.38. The molecule has 23 heavy (non-hydrogen) atoms. The van der Waals surface area contributed by atoms with Crippen molar-refractivity contribution in [1.82, 2.24) is 15.3 Å². The molecule has 2 N–H and O–H groups in total. The molecule has 0 spiro atoms. The van der Waals surface area contributed by atoms with E-state index in [1.165, 1.54) is 24.5 Å². The number of carbonyl (C=O) groups excluding carboxylic acids is 1. The molecule has 2 rings (SSSR count). The Balaban J connectivity index is 2.05. The zero-order chi connectivity index (χ0) is 17.0. The molecule has 0 aliphatic carbocycles. The molecule has 8 heteroatoms. The van der Waals surface area contributed by atoms with Crippen LogP contribution in [0.1, 0.15) is 29.9 Å². The van der Waals surface area contributed by atoms with Gasteiger partial charge in [0.15, 0.2) is 0 Å². The fraction of sp³-hybridized carbons (Fsp3) is 0.267. The van der Waals surface area contributed by atoms with Crippen molar-refractivity contribution in [3.63, 3.8) is 0 Å². The van der Waals surface area contributed by atoms with Crippen molar-refractivity contribution in [2.24, 2.45) is 0 Å². The highest BCUT2D eigenvalue weighted by molar-refractivity contribution is 5.92. The maximum Gasteiger partial charge on any atom is 0.416 e. The van der Waals surface area contributed by atoms with E-state index in [2.05, 4.69) is 20.6 Å². The summed E-state index contributed by atoms with van der Waals surface area (Å²) in [6, 6.07) is 4.52. The first-order valence-corrected chi connectivity index (χ1v) is 6.83. The number of benzene rings is 1. The normalized spacial score (nSPS) is 11.4. The van der Waals surface area contributed by atoms with E-state index in [9.17, 15) is 18.0 Å². The summed E-state index contributed by atoms with van der Waals surface area (Å²) < 4.78 is 37.4. The van der Waals surface area contributed by atoms with Gasteiger partial charge >= 0.3 is 6.18 Å². The molecule has 2 aromatic rings. The molecule has 1 aromatic heterocycles. The number of nitrogens with zero attached hydrogens (tertiary/aromatic N) is 2. The Kier molecular flexibility index (Phi) is 4.83. The minimum absolute atomic E-state index is 0.0192. The Morgan fingerprint density at radius 3 is 2.22 bits per heavy atom. The lowest BCUT2D eigenvalue weighted by atomic mass is 10.2. The summed E-state index contributed by atoms with van der Waals surface area (Å²) in [6.45, 7) is 3.65. The monoisotopic (exact) mass is 324 g/mol. The summed E-state index contributed by atoms with van der Waals surface area (Å²) in [6.07, 6.45) is -1.74.